The fraction of sp³-hybridized carbons (Fsp3) is 0.516. The Bertz CT molecular complexity index is 1470. The van der Waals surface area contributed by atoms with Gasteiger partial charge in [-0.3, -0.25) is 0 Å². The number of nitrogens with zero attached hydrogens (tertiary/aromatic N) is 8. The summed E-state index contributed by atoms with van der Waals surface area (Å²) in [7, 11) is 1.60. The molecule has 1 aromatic carbocycles. The second-order valence-electron chi connectivity index (χ2n) is 12.4. The number of hydrogen-bond donors (Lipinski definition) is 1. The molecule has 13 heteroatoms. The zero-order valence-electron chi connectivity index (χ0n) is 26.1. The molecule has 5 heterocycles. The lowest BCUT2D eigenvalue weighted by Crippen LogP contribution is -2.58. The molecule has 1 amide bonds. The van der Waals surface area contributed by atoms with Crippen molar-refractivity contribution in [2.24, 2.45) is 0 Å². The van der Waals surface area contributed by atoms with Gasteiger partial charge in [0, 0.05) is 64.5 Å². The molecule has 0 bridgehead atoms. The molecule has 0 radical (unpaired) electrons. The quantitative estimate of drug-likeness (QED) is 0.415. The van der Waals surface area contributed by atoms with Gasteiger partial charge in [-0.1, -0.05) is 12.1 Å². The van der Waals surface area contributed by atoms with Gasteiger partial charge in [0.25, 0.3) is 0 Å². The van der Waals surface area contributed by atoms with E-state index in [4.69, 9.17) is 24.2 Å². The maximum atomic E-state index is 12.6. The molecule has 2 atom stereocenters. The number of nitrogens with one attached hydrogen (secondary N) is 1. The molecule has 234 valence electrons. The second-order valence-corrected chi connectivity index (χ2v) is 12.4. The van der Waals surface area contributed by atoms with E-state index in [-0.39, 0.29) is 25.0 Å². The van der Waals surface area contributed by atoms with Crippen LogP contribution >= 0.6 is 0 Å². The summed E-state index contributed by atoms with van der Waals surface area (Å²) in [6.45, 7) is 13.0. The van der Waals surface area contributed by atoms with E-state index in [9.17, 15) is 4.79 Å². The highest BCUT2D eigenvalue weighted by molar-refractivity contribution is 5.77. The van der Waals surface area contributed by atoms with Gasteiger partial charge in [0.15, 0.2) is 12.6 Å². The van der Waals surface area contributed by atoms with E-state index < -0.39 is 5.60 Å². The fourth-order valence-corrected chi connectivity index (χ4v) is 5.95. The van der Waals surface area contributed by atoms with Crippen molar-refractivity contribution in [2.45, 2.75) is 45.4 Å². The number of benzene rings is 1. The van der Waals surface area contributed by atoms with E-state index in [1.54, 1.807) is 12.0 Å². The molecule has 6 rings (SSSR count). The Balaban J connectivity index is 1.10. The van der Waals surface area contributed by atoms with Crippen LogP contribution in [0.4, 0.5) is 27.9 Å². The largest absolute Gasteiger partial charge is 0.467 e. The Morgan fingerprint density at radius 1 is 1.02 bits per heavy atom. The molecule has 0 spiro atoms. The van der Waals surface area contributed by atoms with Crippen molar-refractivity contribution in [2.75, 3.05) is 79.7 Å². The average Bonchev–Trinajstić information content (AvgIpc) is 3.02. The number of ether oxygens (including phenoxy) is 3. The van der Waals surface area contributed by atoms with Crippen molar-refractivity contribution in [3.05, 3.63) is 42.7 Å². The third kappa shape index (κ3) is 6.28. The van der Waals surface area contributed by atoms with Crippen LogP contribution in [0.25, 0.3) is 11.3 Å². The van der Waals surface area contributed by atoms with Crippen molar-refractivity contribution in [3.63, 3.8) is 0 Å². The van der Waals surface area contributed by atoms with Crippen molar-refractivity contribution in [3.8, 4) is 17.0 Å². The summed E-state index contributed by atoms with van der Waals surface area (Å²) in [5.41, 5.74) is 3.10. The van der Waals surface area contributed by atoms with Gasteiger partial charge in [-0.05, 0) is 45.9 Å². The standard InChI is InChI=1S/C31H41N9O4/c1-21-18-37(10-12-39(21)30(41)44-31(2,3)4)22-15-33-29(34-16-22)38-11-13-40-23(19-38)17-32-28-26(40)14-25(35-36-28)24-8-6-7-9-27(24)43-20-42-5/h6-9,14-16,21,23H,10-13,17-20H2,1-5H3,(H,32,36)/t21-,23+/m1/s1. The maximum Gasteiger partial charge on any atom is 0.410 e. The summed E-state index contributed by atoms with van der Waals surface area (Å²) < 4.78 is 16.5. The van der Waals surface area contributed by atoms with Crippen LogP contribution in [0.15, 0.2) is 42.7 Å². The number of amides is 1. The van der Waals surface area contributed by atoms with Gasteiger partial charge in [-0.25, -0.2) is 14.8 Å². The van der Waals surface area contributed by atoms with Crippen LogP contribution in [0, 0.1) is 0 Å². The molecule has 44 heavy (non-hydrogen) atoms. The van der Waals surface area contributed by atoms with Crippen LogP contribution in [0.5, 0.6) is 5.75 Å². The zero-order chi connectivity index (χ0) is 30.8. The number of piperazine rings is 2. The summed E-state index contributed by atoms with van der Waals surface area (Å²) >= 11 is 0. The van der Waals surface area contributed by atoms with Crippen molar-refractivity contribution in [1.29, 1.82) is 0 Å². The second kappa shape index (κ2) is 12.3. The minimum Gasteiger partial charge on any atom is -0.467 e. The number of fused-ring (bicyclic) bond motifs is 3. The topological polar surface area (TPSA) is 121 Å². The molecule has 2 fully saturated rings. The summed E-state index contributed by atoms with van der Waals surface area (Å²) in [6.07, 6.45) is 3.52. The Morgan fingerprint density at radius 2 is 1.80 bits per heavy atom. The molecular formula is C31H41N9O4. The first-order chi connectivity index (χ1) is 21.2. The lowest BCUT2D eigenvalue weighted by molar-refractivity contribution is 0.0159. The first kappa shape index (κ1) is 29.7. The van der Waals surface area contributed by atoms with Crippen molar-refractivity contribution in [1.82, 2.24) is 25.1 Å². The van der Waals surface area contributed by atoms with Crippen LogP contribution in [-0.4, -0.2) is 109 Å². The predicted molar refractivity (Wildman–Crippen MR) is 168 cm³/mol. The van der Waals surface area contributed by atoms with Crippen LogP contribution in [0.2, 0.25) is 0 Å². The highest BCUT2D eigenvalue weighted by Gasteiger charge is 2.35. The Kier molecular flexibility index (Phi) is 8.30. The Hall–Kier alpha value is -4.39. The number of anilines is 4. The fourth-order valence-electron chi connectivity index (χ4n) is 5.95. The third-order valence-corrected chi connectivity index (χ3v) is 8.09. The Morgan fingerprint density at radius 3 is 2.55 bits per heavy atom. The molecule has 13 nitrogen and oxygen atoms in total. The van der Waals surface area contributed by atoms with Gasteiger partial charge in [-0.2, -0.15) is 0 Å². The Labute approximate surface area is 258 Å². The minimum atomic E-state index is -0.511. The highest BCUT2D eigenvalue weighted by Crippen LogP contribution is 2.36. The van der Waals surface area contributed by atoms with Crippen LogP contribution in [0.3, 0.4) is 0 Å². The van der Waals surface area contributed by atoms with E-state index in [0.29, 0.717) is 25.4 Å². The number of aromatic nitrogens is 4. The van der Waals surface area contributed by atoms with E-state index in [0.717, 1.165) is 60.6 Å². The van der Waals surface area contributed by atoms with Crippen LogP contribution in [0.1, 0.15) is 27.7 Å². The first-order valence-corrected chi connectivity index (χ1v) is 15.1. The summed E-state index contributed by atoms with van der Waals surface area (Å²) in [6, 6.07) is 10.1. The van der Waals surface area contributed by atoms with Gasteiger partial charge < -0.3 is 39.1 Å². The monoisotopic (exact) mass is 603 g/mol. The van der Waals surface area contributed by atoms with Gasteiger partial charge >= 0.3 is 6.09 Å². The van der Waals surface area contributed by atoms with E-state index in [2.05, 4.69) is 36.3 Å². The van der Waals surface area contributed by atoms with Gasteiger partial charge in [0.1, 0.15) is 11.4 Å². The predicted octanol–water partition coefficient (Wildman–Crippen LogP) is 3.48. The number of methoxy groups -OCH3 is 1. The van der Waals surface area contributed by atoms with E-state index in [1.165, 1.54) is 0 Å². The van der Waals surface area contributed by atoms with Crippen LogP contribution in [-0.2, 0) is 9.47 Å². The lowest BCUT2D eigenvalue weighted by Gasteiger charge is -2.45. The number of rotatable bonds is 6. The zero-order valence-corrected chi connectivity index (χ0v) is 26.1. The average molecular weight is 604 g/mol. The number of hydrogen-bond acceptors (Lipinski definition) is 12. The molecule has 1 N–H and O–H groups in total. The molecule has 3 aliphatic rings. The highest BCUT2D eigenvalue weighted by atomic mass is 16.7. The maximum absolute atomic E-state index is 12.6. The molecule has 0 aliphatic carbocycles. The molecular weight excluding hydrogens is 562 g/mol. The van der Waals surface area contributed by atoms with Gasteiger partial charge in [-0.15, -0.1) is 10.2 Å². The van der Waals surface area contributed by atoms with Gasteiger partial charge in [0.05, 0.1) is 35.5 Å². The molecule has 3 aromatic rings. The number of para-hydroxylation sites is 1. The molecule has 0 unspecified atom stereocenters. The SMILES string of the molecule is COCOc1ccccc1-c1cc2c(nn1)NC[C@H]1CN(c3ncc(N4CCN(C(=O)OC(C)(C)C)[C@H](C)C4)cn3)CCN21. The molecule has 3 aliphatic heterocycles. The summed E-state index contributed by atoms with van der Waals surface area (Å²) in [4.78, 5) is 30.8. The van der Waals surface area contributed by atoms with E-state index >= 15 is 0 Å². The van der Waals surface area contributed by atoms with Crippen molar-refractivity contribution < 1.29 is 19.0 Å². The minimum absolute atomic E-state index is 0.0181. The smallest absolute Gasteiger partial charge is 0.410 e. The van der Waals surface area contributed by atoms with Crippen molar-refractivity contribution >= 4 is 29.2 Å². The molecule has 2 saturated heterocycles. The number of carbonyl (C=O) groups excluding carboxylic acids is 1. The van der Waals surface area contributed by atoms with Crippen LogP contribution < -0.4 is 24.8 Å². The summed E-state index contributed by atoms with van der Waals surface area (Å²) in [5.74, 6) is 2.21. The van der Waals surface area contributed by atoms with Gasteiger partial charge in [0.2, 0.25) is 5.95 Å². The normalized spacial score (nSPS) is 20.0. The van der Waals surface area contributed by atoms with E-state index in [1.807, 2.05) is 64.4 Å². The lowest BCUT2D eigenvalue weighted by atomic mass is 10.1. The number of carbonyl (C=O) groups is 1. The third-order valence-electron chi connectivity index (χ3n) is 8.09. The molecule has 2 aromatic heterocycles. The molecule has 0 saturated carbocycles. The summed E-state index contributed by atoms with van der Waals surface area (Å²) in [5, 5.41) is 12.5. The first-order valence-electron chi connectivity index (χ1n) is 15.1.